The number of ether oxygens (including phenoxy) is 2. The molecule has 2 amide bonds. The first-order chi connectivity index (χ1) is 15.3. The Morgan fingerprint density at radius 2 is 1.78 bits per heavy atom. The third-order valence-electron chi connectivity index (χ3n) is 4.03. The highest BCUT2D eigenvalue weighted by Gasteiger charge is 2.09. The van der Waals surface area contributed by atoms with Gasteiger partial charge in [0.25, 0.3) is 5.91 Å². The van der Waals surface area contributed by atoms with E-state index < -0.39 is 5.91 Å². The van der Waals surface area contributed by atoms with Crippen LogP contribution in [-0.2, 0) is 16.0 Å². The first-order valence-electron chi connectivity index (χ1n) is 9.66. The molecule has 0 unspecified atom stereocenters. The summed E-state index contributed by atoms with van der Waals surface area (Å²) >= 11 is 20.3. The average molecular weight is 563 g/mol. The molecule has 0 aliphatic rings. The molecule has 0 aliphatic carbocycles. The van der Waals surface area contributed by atoms with E-state index in [4.69, 9.17) is 44.9 Å². The summed E-state index contributed by atoms with van der Waals surface area (Å²) in [7, 11) is 0. The van der Waals surface area contributed by atoms with Gasteiger partial charge < -0.3 is 14.8 Å². The summed E-state index contributed by atoms with van der Waals surface area (Å²) in [5.74, 6) is 0.266. The van der Waals surface area contributed by atoms with E-state index in [1.54, 1.807) is 24.3 Å². The van der Waals surface area contributed by atoms with Crippen LogP contribution in [0.4, 0.5) is 0 Å². The van der Waals surface area contributed by atoms with Gasteiger partial charge in [-0.3, -0.25) is 20.4 Å². The van der Waals surface area contributed by atoms with Crippen LogP contribution in [0.3, 0.4) is 0 Å². The molecule has 0 aliphatic heterocycles. The van der Waals surface area contributed by atoms with Gasteiger partial charge in [0.1, 0.15) is 11.5 Å². The van der Waals surface area contributed by atoms with Crippen molar-refractivity contribution in [3.05, 3.63) is 56.5 Å². The van der Waals surface area contributed by atoms with Crippen molar-refractivity contribution in [3.63, 3.8) is 0 Å². The van der Waals surface area contributed by atoms with Crippen molar-refractivity contribution in [2.24, 2.45) is 0 Å². The maximum atomic E-state index is 11.9. The van der Waals surface area contributed by atoms with Crippen LogP contribution in [0.25, 0.3) is 0 Å². The summed E-state index contributed by atoms with van der Waals surface area (Å²) in [6.45, 7) is 2.12. The number of nitrogens with one attached hydrogen (secondary N) is 3. The maximum Gasteiger partial charge on any atom is 0.276 e. The molecule has 2 aromatic carbocycles. The molecule has 2 rings (SSSR count). The number of hydrogen-bond donors (Lipinski definition) is 3. The first-order valence-corrected chi connectivity index (χ1v) is 11.6. The van der Waals surface area contributed by atoms with Crippen molar-refractivity contribution < 1.29 is 19.1 Å². The van der Waals surface area contributed by atoms with Gasteiger partial charge in [-0.1, -0.05) is 36.2 Å². The molecule has 2 aromatic rings. The molecule has 32 heavy (non-hydrogen) atoms. The van der Waals surface area contributed by atoms with Crippen LogP contribution in [0, 0.1) is 0 Å². The van der Waals surface area contributed by atoms with Crippen LogP contribution in [0.5, 0.6) is 11.5 Å². The largest absolute Gasteiger partial charge is 0.492 e. The Morgan fingerprint density at radius 1 is 1.03 bits per heavy atom. The van der Waals surface area contributed by atoms with Gasteiger partial charge in [-0.15, -0.1) is 0 Å². The van der Waals surface area contributed by atoms with Gasteiger partial charge in [0.15, 0.2) is 11.7 Å². The van der Waals surface area contributed by atoms with Gasteiger partial charge in [-0.25, -0.2) is 0 Å². The van der Waals surface area contributed by atoms with Gasteiger partial charge >= 0.3 is 0 Å². The van der Waals surface area contributed by atoms with E-state index in [2.05, 4.69) is 32.1 Å². The zero-order valence-electron chi connectivity index (χ0n) is 17.2. The molecule has 11 heteroatoms. The number of halogens is 3. The Hall–Kier alpha value is -2.07. The fourth-order valence-electron chi connectivity index (χ4n) is 2.41. The number of aryl methyl sites for hydroxylation is 1. The minimum absolute atomic E-state index is 0.0292. The smallest absolute Gasteiger partial charge is 0.276 e. The number of benzene rings is 2. The lowest BCUT2D eigenvalue weighted by atomic mass is 10.2. The first kappa shape index (κ1) is 26.2. The second-order valence-electron chi connectivity index (χ2n) is 6.48. The summed E-state index contributed by atoms with van der Waals surface area (Å²) in [5, 5.41) is 3.35. The van der Waals surface area contributed by atoms with E-state index in [0.717, 1.165) is 16.5 Å². The molecule has 0 saturated heterocycles. The quantitative estimate of drug-likeness (QED) is 0.235. The molecule has 3 N–H and O–H groups in total. The predicted octanol–water partition coefficient (Wildman–Crippen LogP) is 4.58. The normalized spacial score (nSPS) is 10.2. The van der Waals surface area contributed by atoms with E-state index in [1.807, 2.05) is 19.1 Å². The lowest BCUT2D eigenvalue weighted by molar-refractivity contribution is -0.124. The Balaban J connectivity index is 1.61. The lowest BCUT2D eigenvalue weighted by Crippen LogP contribution is -2.49. The van der Waals surface area contributed by atoms with Crippen LogP contribution < -0.4 is 25.6 Å². The minimum Gasteiger partial charge on any atom is -0.492 e. The van der Waals surface area contributed by atoms with Crippen LogP contribution in [0.2, 0.25) is 10.0 Å². The molecule has 0 spiro atoms. The summed E-state index contributed by atoms with van der Waals surface area (Å²) in [4.78, 5) is 23.9. The van der Waals surface area contributed by atoms with Crippen LogP contribution in [0.1, 0.15) is 25.3 Å². The van der Waals surface area contributed by atoms with E-state index in [-0.39, 0.29) is 30.7 Å². The summed E-state index contributed by atoms with van der Waals surface area (Å²) in [5.41, 5.74) is 5.97. The fraction of sp³-hybridized carbons (Fsp3) is 0.286. The van der Waals surface area contributed by atoms with Gasteiger partial charge in [0, 0.05) is 11.4 Å². The van der Waals surface area contributed by atoms with Crippen LogP contribution in [-0.4, -0.2) is 30.1 Å². The van der Waals surface area contributed by atoms with E-state index in [0.29, 0.717) is 28.0 Å². The van der Waals surface area contributed by atoms with E-state index in [9.17, 15) is 9.59 Å². The molecular weight excluding hydrogens is 541 g/mol. The van der Waals surface area contributed by atoms with E-state index in [1.165, 1.54) is 0 Å². The van der Waals surface area contributed by atoms with Crippen molar-refractivity contribution in [2.45, 2.75) is 26.2 Å². The molecule has 0 bridgehead atoms. The van der Waals surface area contributed by atoms with Crippen molar-refractivity contribution in [1.29, 1.82) is 0 Å². The van der Waals surface area contributed by atoms with Crippen molar-refractivity contribution >= 4 is 68.3 Å². The second-order valence-corrected chi connectivity index (χ2v) is 8.59. The molecule has 0 fully saturated rings. The Morgan fingerprint density at radius 3 is 2.47 bits per heavy atom. The van der Waals surface area contributed by atoms with Gasteiger partial charge in [-0.2, -0.15) is 0 Å². The highest BCUT2D eigenvalue weighted by molar-refractivity contribution is 9.10. The maximum absolute atomic E-state index is 11.9. The molecule has 0 heterocycles. The fourth-order valence-corrected chi connectivity index (χ4v) is 3.58. The molecule has 7 nitrogen and oxygen atoms in total. The lowest BCUT2D eigenvalue weighted by Gasteiger charge is -2.12. The molecule has 0 radical (unpaired) electrons. The predicted molar refractivity (Wildman–Crippen MR) is 132 cm³/mol. The number of amides is 2. The van der Waals surface area contributed by atoms with Crippen molar-refractivity contribution in [1.82, 2.24) is 16.2 Å². The highest BCUT2D eigenvalue weighted by atomic mass is 79.9. The monoisotopic (exact) mass is 561 g/mol. The average Bonchev–Trinajstić information content (AvgIpc) is 2.75. The second kappa shape index (κ2) is 13.5. The van der Waals surface area contributed by atoms with Crippen LogP contribution >= 0.6 is 51.3 Å². The molecule has 0 saturated carbocycles. The van der Waals surface area contributed by atoms with Crippen LogP contribution in [0.15, 0.2) is 40.9 Å². The third-order valence-corrected chi connectivity index (χ3v) is 5.39. The topological polar surface area (TPSA) is 88.7 Å². The van der Waals surface area contributed by atoms with E-state index >= 15 is 0 Å². The Bertz CT molecular complexity index is 978. The van der Waals surface area contributed by atoms with Gasteiger partial charge in [0.05, 0.1) is 16.1 Å². The summed E-state index contributed by atoms with van der Waals surface area (Å²) < 4.78 is 11.8. The van der Waals surface area contributed by atoms with Gasteiger partial charge in [0.2, 0.25) is 5.91 Å². The highest BCUT2D eigenvalue weighted by Crippen LogP contribution is 2.28. The standard InChI is InChI=1S/C21H22BrCl2N3O4S/c1-2-13-5-7-17(15(22)10-13)31-12-20(29)26-27-21(32)25-19(28)4-3-9-30-18-8-6-14(23)11-16(18)24/h5-8,10-11H,2-4,9,12H2,1H3,(H,26,29)(H2,25,27,28,32). The van der Waals surface area contributed by atoms with Gasteiger partial charge in [-0.05, 0) is 76.9 Å². The zero-order chi connectivity index (χ0) is 23.5. The van der Waals surface area contributed by atoms with Crippen molar-refractivity contribution in [3.8, 4) is 11.5 Å². The molecule has 0 aromatic heterocycles. The molecule has 172 valence electrons. The number of carbonyl (C=O) groups is 2. The molecular formula is C21H22BrCl2N3O4S. The number of hydrogen-bond acceptors (Lipinski definition) is 5. The number of hydrazine groups is 1. The summed E-state index contributed by atoms with van der Waals surface area (Å²) in [6.07, 6.45) is 1.52. The minimum atomic E-state index is -0.457. The number of thiocarbonyl (C=S) groups is 1. The number of carbonyl (C=O) groups excluding carboxylic acids is 2. The Kier molecular flexibility index (Phi) is 11.0. The number of rotatable bonds is 9. The third kappa shape index (κ3) is 9.20. The molecule has 0 atom stereocenters. The van der Waals surface area contributed by atoms with Crippen molar-refractivity contribution in [2.75, 3.05) is 13.2 Å². The SMILES string of the molecule is CCc1ccc(OCC(=O)NNC(=S)NC(=O)CCCOc2ccc(Cl)cc2Cl)c(Br)c1. The zero-order valence-corrected chi connectivity index (χ0v) is 21.1. The summed E-state index contributed by atoms with van der Waals surface area (Å²) in [6, 6.07) is 10.6. The Labute approximate surface area is 210 Å².